The molecule has 0 spiro atoms. The standard InChI is InChI=1S/C6H8O.C5H6O/c7-6-4-2-1-3-5-6;6-5-3-1-2-4-5/h2,4H,1,3,5H2;1,3H,2,4H2. The van der Waals surface area contributed by atoms with Gasteiger partial charge in [0.2, 0.25) is 0 Å². The molecule has 0 aromatic carbocycles. The van der Waals surface area contributed by atoms with Crippen molar-refractivity contribution in [2.24, 2.45) is 0 Å². The van der Waals surface area contributed by atoms with E-state index in [1.807, 2.05) is 12.2 Å². The summed E-state index contributed by atoms with van der Waals surface area (Å²) >= 11 is 0. The zero-order chi connectivity index (χ0) is 9.52. The van der Waals surface area contributed by atoms with Crippen molar-refractivity contribution in [3.8, 4) is 0 Å². The van der Waals surface area contributed by atoms with Crippen LogP contribution in [0, 0.1) is 0 Å². The molecule has 2 heteroatoms. The van der Waals surface area contributed by atoms with Gasteiger partial charge in [0.25, 0.3) is 0 Å². The second-order valence-corrected chi connectivity index (χ2v) is 3.17. The quantitative estimate of drug-likeness (QED) is 0.570. The highest BCUT2D eigenvalue weighted by molar-refractivity contribution is 5.91. The Kier molecular flexibility index (Phi) is 4.16. The first kappa shape index (κ1) is 9.90. The van der Waals surface area contributed by atoms with Crippen LogP contribution in [0.15, 0.2) is 24.3 Å². The molecule has 0 saturated heterocycles. The summed E-state index contributed by atoms with van der Waals surface area (Å²) in [4.78, 5) is 20.5. The normalized spacial score (nSPS) is 20.0. The molecule has 2 rings (SSSR count). The van der Waals surface area contributed by atoms with Gasteiger partial charge in [-0.25, -0.2) is 0 Å². The molecule has 2 aliphatic carbocycles. The molecule has 0 aromatic heterocycles. The number of allylic oxidation sites excluding steroid dienone is 4. The molecular weight excluding hydrogens is 164 g/mol. The zero-order valence-electron chi connectivity index (χ0n) is 7.66. The number of carbonyl (C=O) groups is 2. The molecule has 0 unspecified atom stereocenters. The van der Waals surface area contributed by atoms with Gasteiger partial charge in [-0.15, -0.1) is 0 Å². The van der Waals surface area contributed by atoms with Crippen LogP contribution >= 0.6 is 0 Å². The van der Waals surface area contributed by atoms with Crippen molar-refractivity contribution in [2.75, 3.05) is 0 Å². The first-order chi connectivity index (χ1) is 6.29. The van der Waals surface area contributed by atoms with E-state index < -0.39 is 0 Å². The summed E-state index contributed by atoms with van der Waals surface area (Å²) in [5, 5.41) is 0. The summed E-state index contributed by atoms with van der Waals surface area (Å²) in [5.74, 6) is 0.557. The van der Waals surface area contributed by atoms with Crippen LogP contribution in [0.1, 0.15) is 32.1 Å². The first-order valence-electron chi connectivity index (χ1n) is 4.68. The first-order valence-corrected chi connectivity index (χ1v) is 4.68. The van der Waals surface area contributed by atoms with Crippen LogP contribution in [0.4, 0.5) is 0 Å². The second kappa shape index (κ2) is 5.46. The molecular formula is C11H14O2. The molecule has 0 heterocycles. The number of rotatable bonds is 0. The lowest BCUT2D eigenvalue weighted by Gasteiger charge is -1.97. The van der Waals surface area contributed by atoms with E-state index in [0.717, 1.165) is 32.1 Å². The number of ketones is 2. The fourth-order valence-corrected chi connectivity index (χ4v) is 1.22. The minimum absolute atomic E-state index is 0.273. The van der Waals surface area contributed by atoms with Gasteiger partial charge in [0.15, 0.2) is 11.6 Å². The van der Waals surface area contributed by atoms with Crippen LogP contribution in [0.5, 0.6) is 0 Å². The van der Waals surface area contributed by atoms with Crippen molar-refractivity contribution in [3.05, 3.63) is 24.3 Å². The molecule has 0 aromatic rings. The van der Waals surface area contributed by atoms with E-state index in [1.165, 1.54) is 0 Å². The van der Waals surface area contributed by atoms with Crippen LogP contribution in [-0.4, -0.2) is 11.6 Å². The Bertz CT molecular complexity index is 249. The lowest BCUT2D eigenvalue weighted by molar-refractivity contribution is -0.115. The third kappa shape index (κ3) is 4.41. The molecule has 2 nitrogen and oxygen atoms in total. The van der Waals surface area contributed by atoms with Crippen LogP contribution in [-0.2, 0) is 9.59 Å². The van der Waals surface area contributed by atoms with Gasteiger partial charge >= 0.3 is 0 Å². The lowest BCUT2D eigenvalue weighted by atomic mass is 10.1. The average molecular weight is 178 g/mol. The highest BCUT2D eigenvalue weighted by Crippen LogP contribution is 2.04. The number of carbonyl (C=O) groups excluding carboxylic acids is 2. The lowest BCUT2D eigenvalue weighted by Crippen LogP contribution is -1.95. The van der Waals surface area contributed by atoms with Crippen LogP contribution < -0.4 is 0 Å². The molecule has 0 fully saturated rings. The summed E-state index contributed by atoms with van der Waals surface area (Å²) in [5.41, 5.74) is 0. The molecule has 2 aliphatic rings. The molecule has 0 amide bonds. The summed E-state index contributed by atoms with van der Waals surface area (Å²) in [6.45, 7) is 0. The van der Waals surface area contributed by atoms with Gasteiger partial charge in [0, 0.05) is 12.8 Å². The molecule has 0 radical (unpaired) electrons. The molecule has 0 atom stereocenters. The number of hydrogen-bond donors (Lipinski definition) is 0. The van der Waals surface area contributed by atoms with Crippen molar-refractivity contribution in [3.63, 3.8) is 0 Å². The molecule has 0 bridgehead atoms. The Labute approximate surface area is 78.3 Å². The molecule has 0 saturated carbocycles. The highest BCUT2D eigenvalue weighted by atomic mass is 16.1. The SMILES string of the molecule is O=C1C=CCC1.O=C1C=CCCC1. The van der Waals surface area contributed by atoms with Gasteiger partial charge in [-0.2, -0.15) is 0 Å². The van der Waals surface area contributed by atoms with Gasteiger partial charge in [0.1, 0.15) is 0 Å². The summed E-state index contributed by atoms with van der Waals surface area (Å²) in [6, 6.07) is 0. The predicted molar refractivity (Wildman–Crippen MR) is 51.4 cm³/mol. The van der Waals surface area contributed by atoms with E-state index in [2.05, 4.69) is 0 Å². The van der Waals surface area contributed by atoms with E-state index in [4.69, 9.17) is 0 Å². The van der Waals surface area contributed by atoms with Gasteiger partial charge in [-0.05, 0) is 31.4 Å². The van der Waals surface area contributed by atoms with Gasteiger partial charge < -0.3 is 0 Å². The fraction of sp³-hybridized carbons (Fsp3) is 0.455. The molecule has 70 valence electrons. The Hall–Kier alpha value is -1.18. The topological polar surface area (TPSA) is 34.1 Å². The van der Waals surface area contributed by atoms with Crippen LogP contribution in [0.25, 0.3) is 0 Å². The van der Waals surface area contributed by atoms with E-state index >= 15 is 0 Å². The van der Waals surface area contributed by atoms with Gasteiger partial charge in [-0.1, -0.05) is 12.2 Å². The molecule has 0 aliphatic heterocycles. The summed E-state index contributed by atoms with van der Waals surface area (Å²) < 4.78 is 0. The Morgan fingerprint density at radius 3 is 1.69 bits per heavy atom. The zero-order valence-corrected chi connectivity index (χ0v) is 7.66. The van der Waals surface area contributed by atoms with E-state index in [9.17, 15) is 9.59 Å². The van der Waals surface area contributed by atoms with E-state index in [0.29, 0.717) is 0 Å². The van der Waals surface area contributed by atoms with Gasteiger partial charge in [-0.3, -0.25) is 9.59 Å². The second-order valence-electron chi connectivity index (χ2n) is 3.17. The highest BCUT2D eigenvalue weighted by Gasteiger charge is 1.99. The number of hydrogen-bond acceptors (Lipinski definition) is 2. The average Bonchev–Trinajstić information content (AvgIpc) is 2.58. The van der Waals surface area contributed by atoms with Crippen molar-refractivity contribution in [2.45, 2.75) is 32.1 Å². The minimum Gasteiger partial charge on any atom is -0.295 e. The van der Waals surface area contributed by atoms with Gasteiger partial charge in [0.05, 0.1) is 0 Å². The molecule has 0 N–H and O–H groups in total. The van der Waals surface area contributed by atoms with Crippen molar-refractivity contribution in [1.82, 2.24) is 0 Å². The van der Waals surface area contributed by atoms with E-state index in [1.54, 1.807) is 12.2 Å². The third-order valence-corrected chi connectivity index (χ3v) is 1.96. The van der Waals surface area contributed by atoms with Crippen molar-refractivity contribution < 1.29 is 9.59 Å². The smallest absolute Gasteiger partial charge is 0.155 e. The fourth-order valence-electron chi connectivity index (χ4n) is 1.22. The van der Waals surface area contributed by atoms with Crippen LogP contribution in [0.2, 0.25) is 0 Å². The minimum atomic E-state index is 0.273. The maximum absolute atomic E-state index is 10.4. The summed E-state index contributed by atoms with van der Waals surface area (Å²) in [6.07, 6.45) is 11.7. The predicted octanol–water partition coefficient (Wildman–Crippen LogP) is 2.20. The Balaban J connectivity index is 0.000000132. The maximum atomic E-state index is 10.4. The van der Waals surface area contributed by atoms with Crippen molar-refractivity contribution in [1.29, 1.82) is 0 Å². The summed E-state index contributed by atoms with van der Waals surface area (Å²) in [7, 11) is 0. The maximum Gasteiger partial charge on any atom is 0.155 e. The Morgan fingerprint density at radius 2 is 1.46 bits per heavy atom. The third-order valence-electron chi connectivity index (χ3n) is 1.96. The van der Waals surface area contributed by atoms with Crippen LogP contribution in [0.3, 0.4) is 0 Å². The molecule has 13 heavy (non-hydrogen) atoms. The monoisotopic (exact) mass is 178 g/mol. The Morgan fingerprint density at radius 1 is 0.846 bits per heavy atom. The van der Waals surface area contributed by atoms with E-state index in [-0.39, 0.29) is 11.6 Å². The van der Waals surface area contributed by atoms with Crippen molar-refractivity contribution >= 4 is 11.6 Å². The largest absolute Gasteiger partial charge is 0.295 e.